The number of nitrogens with zero attached hydrogens (tertiary/aromatic N) is 2. The minimum atomic E-state index is -0.200. The summed E-state index contributed by atoms with van der Waals surface area (Å²) in [5, 5.41) is 3.63. The maximum atomic E-state index is 11.6. The second-order valence-corrected chi connectivity index (χ2v) is 4.35. The summed E-state index contributed by atoms with van der Waals surface area (Å²) < 4.78 is 0. The van der Waals surface area contributed by atoms with Crippen molar-refractivity contribution in [3.8, 4) is 0 Å². The zero-order chi connectivity index (χ0) is 12.3. The highest BCUT2D eigenvalue weighted by Gasteiger charge is 2.05. The molecule has 1 amide bonds. The van der Waals surface area contributed by atoms with Gasteiger partial charge < -0.3 is 0 Å². The average Bonchev–Trinajstić information content (AvgIpc) is 2.78. The third kappa shape index (κ3) is 3.01. The molecule has 6 heteroatoms. The van der Waals surface area contributed by atoms with Gasteiger partial charge >= 0.3 is 0 Å². The number of nitrogens with one attached hydrogen (secondary N) is 2. The molecule has 0 unspecified atom stereocenters. The van der Waals surface area contributed by atoms with Gasteiger partial charge in [0.05, 0.1) is 5.56 Å². The maximum absolute atomic E-state index is 11.6. The molecule has 0 aliphatic rings. The lowest BCUT2D eigenvalue weighted by atomic mass is 10.3. The van der Waals surface area contributed by atoms with E-state index < -0.39 is 0 Å². The highest BCUT2D eigenvalue weighted by atomic mass is 32.1. The third-order valence-electron chi connectivity index (χ3n) is 2.05. The maximum Gasteiger partial charge on any atom is 0.270 e. The highest BCUT2D eigenvalue weighted by Crippen LogP contribution is 2.06. The van der Waals surface area contributed by atoms with Gasteiger partial charge in [-0.25, -0.2) is 9.97 Å². The van der Waals surface area contributed by atoms with Gasteiger partial charge in [0.25, 0.3) is 5.91 Å². The van der Waals surface area contributed by atoms with Gasteiger partial charge in [-0.15, -0.1) is 0 Å². The van der Waals surface area contributed by atoms with Gasteiger partial charge in [-0.3, -0.25) is 15.6 Å². The Morgan fingerprint density at radius 3 is 2.59 bits per heavy atom. The monoisotopic (exact) mass is 248 g/mol. The van der Waals surface area contributed by atoms with Crippen LogP contribution in [0.4, 0.5) is 5.95 Å². The second kappa shape index (κ2) is 4.92. The standard InChI is InChI=1S/C11H12N4OS/c1-7-5-8(2)13-11(12-7)15-14-10(16)9-3-4-17-6-9/h3-6H,1-2H3,(H,14,16)(H,12,13,15). The number of aromatic nitrogens is 2. The van der Waals surface area contributed by atoms with E-state index in [1.54, 1.807) is 11.4 Å². The largest absolute Gasteiger partial charge is 0.270 e. The summed E-state index contributed by atoms with van der Waals surface area (Å²) in [5.41, 5.74) is 7.57. The molecule has 0 bridgehead atoms. The molecule has 2 aromatic heterocycles. The van der Waals surface area contributed by atoms with E-state index in [0.717, 1.165) is 11.4 Å². The molecule has 0 spiro atoms. The Morgan fingerprint density at radius 2 is 2.00 bits per heavy atom. The lowest BCUT2D eigenvalue weighted by molar-refractivity contribution is 0.0962. The first kappa shape index (κ1) is 11.5. The van der Waals surface area contributed by atoms with Crippen molar-refractivity contribution in [2.45, 2.75) is 13.8 Å². The third-order valence-corrected chi connectivity index (χ3v) is 2.74. The van der Waals surface area contributed by atoms with Crippen LogP contribution in [-0.2, 0) is 0 Å². The number of carbonyl (C=O) groups is 1. The number of carbonyl (C=O) groups excluding carboxylic acids is 1. The SMILES string of the molecule is Cc1cc(C)nc(NNC(=O)c2ccsc2)n1. The minimum Gasteiger partial charge on any atom is -0.267 e. The van der Waals surface area contributed by atoms with Gasteiger partial charge in [-0.05, 0) is 31.4 Å². The molecule has 0 aliphatic heterocycles. The van der Waals surface area contributed by atoms with Crippen molar-refractivity contribution in [2.75, 3.05) is 5.43 Å². The van der Waals surface area contributed by atoms with Gasteiger partial charge in [0.15, 0.2) is 0 Å². The fraction of sp³-hybridized carbons (Fsp3) is 0.182. The average molecular weight is 248 g/mol. The quantitative estimate of drug-likeness (QED) is 0.814. The lowest BCUT2D eigenvalue weighted by Gasteiger charge is -2.07. The van der Waals surface area contributed by atoms with Crippen LogP contribution in [0.25, 0.3) is 0 Å². The van der Waals surface area contributed by atoms with Crippen molar-refractivity contribution >= 4 is 23.2 Å². The molecule has 2 N–H and O–H groups in total. The van der Waals surface area contributed by atoms with Crippen LogP contribution in [0.15, 0.2) is 22.9 Å². The van der Waals surface area contributed by atoms with Crippen molar-refractivity contribution in [1.29, 1.82) is 0 Å². The topological polar surface area (TPSA) is 66.9 Å². The Labute approximate surface area is 103 Å². The van der Waals surface area contributed by atoms with Crippen LogP contribution < -0.4 is 10.9 Å². The van der Waals surface area contributed by atoms with Crippen molar-refractivity contribution in [2.24, 2.45) is 0 Å². The first-order valence-corrected chi connectivity index (χ1v) is 6.00. The van der Waals surface area contributed by atoms with E-state index in [2.05, 4.69) is 20.8 Å². The van der Waals surface area contributed by atoms with Gasteiger partial charge in [0.1, 0.15) is 0 Å². The molecule has 0 aromatic carbocycles. The van der Waals surface area contributed by atoms with Crippen molar-refractivity contribution in [1.82, 2.24) is 15.4 Å². The molecule has 2 heterocycles. The summed E-state index contributed by atoms with van der Waals surface area (Å²) in [5.74, 6) is 0.195. The first-order chi connectivity index (χ1) is 8.15. The molecule has 0 aliphatic carbocycles. The van der Waals surface area contributed by atoms with Gasteiger partial charge in [0.2, 0.25) is 5.95 Å². The molecule has 0 atom stereocenters. The van der Waals surface area contributed by atoms with Crippen LogP contribution in [0.1, 0.15) is 21.7 Å². The lowest BCUT2D eigenvalue weighted by Crippen LogP contribution is -2.30. The van der Waals surface area contributed by atoms with E-state index >= 15 is 0 Å². The van der Waals surface area contributed by atoms with E-state index in [0.29, 0.717) is 11.5 Å². The Balaban J connectivity index is 2.00. The molecule has 0 fully saturated rings. The normalized spacial score (nSPS) is 10.0. The highest BCUT2D eigenvalue weighted by molar-refractivity contribution is 7.08. The summed E-state index contributed by atoms with van der Waals surface area (Å²) >= 11 is 1.47. The number of thiophene rings is 1. The smallest absolute Gasteiger partial charge is 0.267 e. The van der Waals surface area contributed by atoms with E-state index in [-0.39, 0.29) is 5.91 Å². The van der Waals surface area contributed by atoms with Gasteiger partial charge in [-0.2, -0.15) is 11.3 Å². The van der Waals surface area contributed by atoms with E-state index in [9.17, 15) is 4.79 Å². The molecule has 0 saturated carbocycles. The predicted molar refractivity (Wildman–Crippen MR) is 66.9 cm³/mol. The van der Waals surface area contributed by atoms with Gasteiger partial charge in [-0.1, -0.05) is 0 Å². The number of hydrogen-bond acceptors (Lipinski definition) is 5. The molecule has 2 aromatic rings. The Bertz CT molecular complexity index is 504. The minimum absolute atomic E-state index is 0.200. The number of anilines is 1. The van der Waals surface area contributed by atoms with Crippen LogP contribution in [-0.4, -0.2) is 15.9 Å². The van der Waals surface area contributed by atoms with Crippen molar-refractivity contribution < 1.29 is 4.79 Å². The summed E-state index contributed by atoms with van der Waals surface area (Å²) in [6.07, 6.45) is 0. The molecule has 0 radical (unpaired) electrons. The van der Waals surface area contributed by atoms with Crippen LogP contribution in [0.5, 0.6) is 0 Å². The molecular formula is C11H12N4OS. The number of rotatable bonds is 3. The van der Waals surface area contributed by atoms with E-state index in [1.165, 1.54) is 11.3 Å². The van der Waals surface area contributed by atoms with Crippen molar-refractivity contribution in [3.05, 3.63) is 39.8 Å². The zero-order valence-electron chi connectivity index (χ0n) is 9.52. The molecule has 0 saturated heterocycles. The molecular weight excluding hydrogens is 236 g/mol. The summed E-state index contributed by atoms with van der Waals surface area (Å²) in [4.78, 5) is 19.9. The van der Waals surface area contributed by atoms with Crippen LogP contribution in [0, 0.1) is 13.8 Å². The zero-order valence-corrected chi connectivity index (χ0v) is 10.3. The van der Waals surface area contributed by atoms with Crippen LogP contribution >= 0.6 is 11.3 Å². The summed E-state index contributed by atoms with van der Waals surface area (Å²) in [6, 6.07) is 3.62. The Morgan fingerprint density at radius 1 is 1.29 bits per heavy atom. The first-order valence-electron chi connectivity index (χ1n) is 5.06. The number of hydrogen-bond donors (Lipinski definition) is 2. The Kier molecular flexibility index (Phi) is 3.34. The molecule has 17 heavy (non-hydrogen) atoms. The fourth-order valence-electron chi connectivity index (χ4n) is 1.36. The fourth-order valence-corrected chi connectivity index (χ4v) is 2.00. The predicted octanol–water partition coefficient (Wildman–Crippen LogP) is 1.91. The Hall–Kier alpha value is -1.95. The summed E-state index contributed by atoms with van der Waals surface area (Å²) in [7, 11) is 0. The number of amides is 1. The molecule has 2 rings (SSSR count). The van der Waals surface area contributed by atoms with Crippen molar-refractivity contribution in [3.63, 3.8) is 0 Å². The van der Waals surface area contributed by atoms with E-state index in [1.807, 2.05) is 25.3 Å². The number of aryl methyl sites for hydroxylation is 2. The van der Waals surface area contributed by atoms with Gasteiger partial charge in [0, 0.05) is 16.8 Å². The van der Waals surface area contributed by atoms with E-state index in [4.69, 9.17) is 0 Å². The molecule has 88 valence electrons. The van der Waals surface area contributed by atoms with Crippen LogP contribution in [0.2, 0.25) is 0 Å². The van der Waals surface area contributed by atoms with Crippen LogP contribution in [0.3, 0.4) is 0 Å². The number of hydrazine groups is 1. The summed E-state index contributed by atoms with van der Waals surface area (Å²) in [6.45, 7) is 3.75. The molecule has 5 nitrogen and oxygen atoms in total. The second-order valence-electron chi connectivity index (χ2n) is 3.57.